The van der Waals surface area contributed by atoms with Crippen LogP contribution in [-0.2, 0) is 5.41 Å². The third-order valence-corrected chi connectivity index (χ3v) is 15.4. The molecule has 0 unspecified atom stereocenters. The SMILES string of the molecule is c1ccc(N(c2ccccc2)c2cccc(N(c3cccc(N(c4ccccc4)c4ccc(C56CC7CC(CC(C7)C5)C6)cc4)c3)c3ccc4c(c3)c3ccccc3n4-c3ccccc3)c2)cc1. The van der Waals surface area contributed by atoms with Crippen LogP contribution in [0.15, 0.2) is 237 Å². The Morgan fingerprint density at radius 2 is 0.676 bits per heavy atom. The molecule has 0 spiro atoms. The molecule has 4 bridgehead atoms. The molecule has 0 N–H and O–H groups in total. The van der Waals surface area contributed by atoms with Crippen LogP contribution in [-0.4, -0.2) is 4.57 Å². The first kappa shape index (κ1) is 40.5. The van der Waals surface area contributed by atoms with Gasteiger partial charge in [-0.15, -0.1) is 0 Å². The summed E-state index contributed by atoms with van der Waals surface area (Å²) in [4.78, 5) is 7.22. The molecule has 330 valence electrons. The van der Waals surface area contributed by atoms with Gasteiger partial charge in [0.1, 0.15) is 0 Å². The fourth-order valence-electron chi connectivity index (χ4n) is 13.0. The summed E-state index contributed by atoms with van der Waals surface area (Å²) in [6.07, 6.45) is 8.48. The van der Waals surface area contributed by atoms with E-state index in [0.717, 1.165) is 68.9 Å². The van der Waals surface area contributed by atoms with Crippen LogP contribution >= 0.6 is 0 Å². The summed E-state index contributed by atoms with van der Waals surface area (Å²) in [6.45, 7) is 0. The van der Waals surface area contributed by atoms with Crippen LogP contribution in [0, 0.1) is 17.8 Å². The molecule has 10 aromatic rings. The van der Waals surface area contributed by atoms with Crippen molar-refractivity contribution in [1.82, 2.24) is 4.57 Å². The number of anilines is 9. The van der Waals surface area contributed by atoms with Gasteiger partial charge in [0.15, 0.2) is 0 Å². The van der Waals surface area contributed by atoms with Gasteiger partial charge in [-0.25, -0.2) is 0 Å². The van der Waals surface area contributed by atoms with Crippen molar-refractivity contribution >= 4 is 73.0 Å². The van der Waals surface area contributed by atoms with E-state index in [1.807, 2.05) is 0 Å². The summed E-state index contributed by atoms with van der Waals surface area (Å²) < 4.78 is 2.39. The van der Waals surface area contributed by atoms with E-state index in [9.17, 15) is 0 Å². The molecule has 4 aliphatic rings. The largest absolute Gasteiger partial charge is 0.310 e. The molecule has 1 aromatic heterocycles. The minimum atomic E-state index is 0.352. The second-order valence-electron chi connectivity index (χ2n) is 19.7. The highest BCUT2D eigenvalue weighted by molar-refractivity contribution is 6.10. The van der Waals surface area contributed by atoms with Crippen molar-refractivity contribution in [2.75, 3.05) is 14.7 Å². The van der Waals surface area contributed by atoms with E-state index in [1.165, 1.54) is 66.0 Å². The number of benzene rings is 9. The molecule has 68 heavy (non-hydrogen) atoms. The normalized spacial score (nSPS) is 19.3. The van der Waals surface area contributed by atoms with Gasteiger partial charge >= 0.3 is 0 Å². The minimum Gasteiger partial charge on any atom is -0.310 e. The first-order valence-corrected chi connectivity index (χ1v) is 24.6. The van der Waals surface area contributed by atoms with E-state index in [2.05, 4.69) is 256 Å². The predicted octanol–water partition coefficient (Wildman–Crippen LogP) is 17.7. The van der Waals surface area contributed by atoms with Gasteiger partial charge in [0, 0.05) is 67.6 Å². The van der Waals surface area contributed by atoms with E-state index in [0.29, 0.717) is 5.41 Å². The van der Waals surface area contributed by atoms with Gasteiger partial charge < -0.3 is 19.3 Å². The lowest BCUT2D eigenvalue weighted by Crippen LogP contribution is -2.48. The van der Waals surface area contributed by atoms with E-state index >= 15 is 0 Å². The fraction of sp³-hybridized carbons (Fsp3) is 0.156. The van der Waals surface area contributed by atoms with Crippen molar-refractivity contribution in [3.8, 4) is 5.69 Å². The number of para-hydroxylation sites is 5. The summed E-state index contributed by atoms with van der Waals surface area (Å²) in [7, 11) is 0. The molecular weight excluding hydrogens is 825 g/mol. The van der Waals surface area contributed by atoms with Crippen LogP contribution in [0.5, 0.6) is 0 Å². The highest BCUT2D eigenvalue weighted by Crippen LogP contribution is 2.61. The third kappa shape index (κ3) is 7.14. The first-order valence-electron chi connectivity index (χ1n) is 24.6. The van der Waals surface area contributed by atoms with Crippen molar-refractivity contribution < 1.29 is 0 Å². The summed E-state index contributed by atoms with van der Waals surface area (Å²) in [5.74, 6) is 2.74. The summed E-state index contributed by atoms with van der Waals surface area (Å²) in [5, 5.41) is 2.43. The summed E-state index contributed by atoms with van der Waals surface area (Å²) >= 11 is 0. The van der Waals surface area contributed by atoms with Crippen molar-refractivity contribution in [2.24, 2.45) is 17.8 Å². The minimum absolute atomic E-state index is 0.352. The van der Waals surface area contributed by atoms with Crippen LogP contribution in [0.25, 0.3) is 27.5 Å². The zero-order valence-corrected chi connectivity index (χ0v) is 38.3. The van der Waals surface area contributed by atoms with Crippen molar-refractivity contribution in [2.45, 2.75) is 43.9 Å². The quantitative estimate of drug-likeness (QED) is 0.129. The van der Waals surface area contributed by atoms with Crippen LogP contribution < -0.4 is 14.7 Å². The maximum atomic E-state index is 2.48. The monoisotopic (exact) mass is 878 g/mol. The Morgan fingerprint density at radius 3 is 1.18 bits per heavy atom. The Labute approximate surface area is 400 Å². The topological polar surface area (TPSA) is 14.7 Å². The standard InChI is InChI=1S/C64H54N4/c1-5-17-50(18-6-1)65(51-19-7-2-8-20-51)55-25-15-27-57(40-55)67(59-35-36-63-61(42-59)60-29-13-14-30-62(60)68(63)53-23-11-4-12-24-53)58-28-16-26-56(41-58)66(52-21-9-3-10-22-52)54-33-31-49(32-34-54)64-43-46-37-47(44-64)39-48(38-46)45-64/h1-36,40-42,46-48H,37-39,43-45H2. The lowest BCUT2D eigenvalue weighted by molar-refractivity contribution is -0.00518. The average Bonchev–Trinajstić information content (AvgIpc) is 3.72. The molecule has 4 aliphatic carbocycles. The van der Waals surface area contributed by atoms with E-state index < -0.39 is 0 Å². The van der Waals surface area contributed by atoms with Crippen LogP contribution in [0.1, 0.15) is 44.1 Å². The lowest BCUT2D eigenvalue weighted by atomic mass is 9.48. The Kier molecular flexibility index (Phi) is 10.00. The molecule has 0 amide bonds. The molecule has 4 saturated carbocycles. The molecular formula is C64H54N4. The zero-order valence-electron chi connectivity index (χ0n) is 38.3. The number of hydrogen-bond acceptors (Lipinski definition) is 3. The lowest BCUT2D eigenvalue weighted by Gasteiger charge is -2.57. The van der Waals surface area contributed by atoms with Gasteiger partial charge in [-0.05, 0) is 189 Å². The van der Waals surface area contributed by atoms with Gasteiger partial charge in [-0.2, -0.15) is 0 Å². The predicted molar refractivity (Wildman–Crippen MR) is 285 cm³/mol. The first-order chi connectivity index (χ1) is 33.6. The van der Waals surface area contributed by atoms with Gasteiger partial charge in [-0.3, -0.25) is 0 Å². The van der Waals surface area contributed by atoms with Crippen molar-refractivity contribution in [3.05, 3.63) is 242 Å². The Morgan fingerprint density at radius 1 is 0.309 bits per heavy atom. The second-order valence-corrected chi connectivity index (χ2v) is 19.7. The van der Waals surface area contributed by atoms with Gasteiger partial charge in [0.2, 0.25) is 0 Å². The molecule has 4 fully saturated rings. The van der Waals surface area contributed by atoms with Gasteiger partial charge in [0.25, 0.3) is 0 Å². The van der Waals surface area contributed by atoms with Crippen molar-refractivity contribution in [3.63, 3.8) is 0 Å². The maximum Gasteiger partial charge on any atom is 0.0542 e. The smallest absolute Gasteiger partial charge is 0.0542 e. The Bertz CT molecular complexity index is 3300. The molecule has 0 radical (unpaired) electrons. The molecule has 0 aliphatic heterocycles. The van der Waals surface area contributed by atoms with Gasteiger partial charge in [0.05, 0.1) is 11.0 Å². The van der Waals surface area contributed by atoms with E-state index in [-0.39, 0.29) is 0 Å². The van der Waals surface area contributed by atoms with E-state index in [4.69, 9.17) is 0 Å². The van der Waals surface area contributed by atoms with E-state index in [1.54, 1.807) is 5.56 Å². The zero-order chi connectivity index (χ0) is 45.0. The summed E-state index contributed by atoms with van der Waals surface area (Å²) in [6, 6.07) is 86.6. The number of fused-ring (bicyclic) bond motifs is 3. The second kappa shape index (κ2) is 16.8. The molecule has 4 nitrogen and oxygen atoms in total. The maximum absolute atomic E-state index is 2.48. The number of hydrogen-bond donors (Lipinski definition) is 0. The van der Waals surface area contributed by atoms with Crippen LogP contribution in [0.2, 0.25) is 0 Å². The highest BCUT2D eigenvalue weighted by Gasteiger charge is 2.51. The Hall–Kier alpha value is -7.82. The Balaban J connectivity index is 0.967. The molecule has 0 atom stereocenters. The molecule has 14 rings (SSSR count). The summed E-state index contributed by atoms with van der Waals surface area (Å²) in [5.41, 5.74) is 15.3. The molecule has 1 heterocycles. The number of rotatable bonds is 11. The number of aromatic nitrogens is 1. The highest BCUT2D eigenvalue weighted by atomic mass is 15.2. The molecule has 4 heteroatoms. The van der Waals surface area contributed by atoms with Crippen LogP contribution in [0.3, 0.4) is 0 Å². The fourth-order valence-corrected chi connectivity index (χ4v) is 13.0. The molecule has 0 saturated heterocycles. The van der Waals surface area contributed by atoms with Crippen molar-refractivity contribution in [1.29, 1.82) is 0 Å². The molecule has 9 aromatic carbocycles. The average molecular weight is 879 g/mol. The number of nitrogens with zero attached hydrogens (tertiary/aromatic N) is 4. The van der Waals surface area contributed by atoms with Gasteiger partial charge in [-0.1, -0.05) is 115 Å². The van der Waals surface area contributed by atoms with Crippen LogP contribution in [0.4, 0.5) is 51.2 Å². The third-order valence-electron chi connectivity index (χ3n) is 15.4.